The van der Waals surface area contributed by atoms with Crippen LogP contribution < -0.4 is 0 Å². The van der Waals surface area contributed by atoms with Crippen molar-refractivity contribution in [3.63, 3.8) is 0 Å². The van der Waals surface area contributed by atoms with Crippen molar-refractivity contribution in [2.45, 2.75) is 19.3 Å². The second kappa shape index (κ2) is 3.23. The molecule has 2 bridgehead atoms. The number of fused-ring (bicyclic) bond motifs is 5. The van der Waals surface area contributed by atoms with Crippen LogP contribution in [0.5, 0.6) is 0 Å². The second-order valence-corrected chi connectivity index (χ2v) is 5.84. The lowest BCUT2D eigenvalue weighted by Crippen LogP contribution is -1.95. The van der Waals surface area contributed by atoms with Crippen molar-refractivity contribution in [1.29, 1.82) is 0 Å². The van der Waals surface area contributed by atoms with Crippen molar-refractivity contribution in [3.05, 3.63) is 42.0 Å². The molecular formula is C16H18. The Morgan fingerprint density at radius 3 is 2.31 bits per heavy atom. The van der Waals surface area contributed by atoms with Gasteiger partial charge in [-0.2, -0.15) is 0 Å². The van der Waals surface area contributed by atoms with Crippen molar-refractivity contribution in [2.24, 2.45) is 29.6 Å². The zero-order valence-corrected chi connectivity index (χ0v) is 9.55. The average molecular weight is 210 g/mol. The summed E-state index contributed by atoms with van der Waals surface area (Å²) in [6.07, 6.45) is 9.45. The van der Waals surface area contributed by atoms with E-state index in [2.05, 4.69) is 42.5 Å². The van der Waals surface area contributed by atoms with Gasteiger partial charge in [-0.1, -0.05) is 42.5 Å². The average Bonchev–Trinajstić information content (AvgIpc) is 2.72. The summed E-state index contributed by atoms with van der Waals surface area (Å²) in [7, 11) is 0. The summed E-state index contributed by atoms with van der Waals surface area (Å²) < 4.78 is 0. The molecule has 3 saturated carbocycles. The SMILES string of the molecule is C(=C\C1C2C3CCC(C3)C12)/c1ccccc1. The zero-order chi connectivity index (χ0) is 10.5. The number of hydrogen-bond donors (Lipinski definition) is 0. The predicted molar refractivity (Wildman–Crippen MR) is 66.8 cm³/mol. The lowest BCUT2D eigenvalue weighted by Gasteiger charge is -2.04. The van der Waals surface area contributed by atoms with Crippen LogP contribution in [0.1, 0.15) is 24.8 Å². The smallest absolute Gasteiger partial charge is 0.0162 e. The molecule has 0 saturated heterocycles. The van der Waals surface area contributed by atoms with Crippen LogP contribution in [0.4, 0.5) is 0 Å². The molecule has 0 aromatic heterocycles. The van der Waals surface area contributed by atoms with Gasteiger partial charge in [0.2, 0.25) is 0 Å². The first-order chi connectivity index (χ1) is 7.93. The topological polar surface area (TPSA) is 0 Å². The van der Waals surface area contributed by atoms with Crippen LogP contribution in [-0.4, -0.2) is 0 Å². The highest BCUT2D eigenvalue weighted by Crippen LogP contribution is 2.69. The second-order valence-electron chi connectivity index (χ2n) is 5.84. The van der Waals surface area contributed by atoms with E-state index >= 15 is 0 Å². The Morgan fingerprint density at radius 2 is 1.62 bits per heavy atom. The van der Waals surface area contributed by atoms with E-state index in [9.17, 15) is 0 Å². The van der Waals surface area contributed by atoms with Crippen molar-refractivity contribution < 1.29 is 0 Å². The van der Waals surface area contributed by atoms with Crippen molar-refractivity contribution in [2.75, 3.05) is 0 Å². The maximum atomic E-state index is 2.50. The first-order valence-electron chi connectivity index (χ1n) is 6.67. The fourth-order valence-electron chi connectivity index (χ4n) is 4.44. The third-order valence-electron chi connectivity index (χ3n) is 5.11. The molecular weight excluding hydrogens is 192 g/mol. The van der Waals surface area contributed by atoms with Gasteiger partial charge >= 0.3 is 0 Å². The molecule has 1 aromatic carbocycles. The molecule has 3 aliphatic rings. The van der Waals surface area contributed by atoms with E-state index < -0.39 is 0 Å². The molecule has 3 aliphatic carbocycles. The maximum Gasteiger partial charge on any atom is -0.0162 e. The van der Waals surface area contributed by atoms with Crippen LogP contribution in [0.15, 0.2) is 36.4 Å². The van der Waals surface area contributed by atoms with Crippen LogP contribution in [0.25, 0.3) is 6.08 Å². The molecule has 0 radical (unpaired) electrons. The normalized spacial score (nSPS) is 43.9. The minimum atomic E-state index is 0.937. The Labute approximate surface area is 97.4 Å². The van der Waals surface area contributed by atoms with Crippen LogP contribution >= 0.6 is 0 Å². The quantitative estimate of drug-likeness (QED) is 0.692. The standard InChI is InChI=1S/C16H18/c1-2-4-11(5-3-1)6-9-14-15-12-7-8-13(10-12)16(14)15/h1-6,9,12-16H,7-8,10H2/b9-6+. The van der Waals surface area contributed by atoms with Crippen molar-refractivity contribution >= 4 is 6.08 Å². The minimum absolute atomic E-state index is 0.937. The van der Waals surface area contributed by atoms with Gasteiger partial charge in [0.15, 0.2) is 0 Å². The predicted octanol–water partition coefficient (Wildman–Crippen LogP) is 3.99. The lowest BCUT2D eigenvalue weighted by atomic mass is 10.0. The minimum Gasteiger partial charge on any atom is -0.0802 e. The van der Waals surface area contributed by atoms with Crippen LogP contribution in [-0.2, 0) is 0 Å². The highest BCUT2D eigenvalue weighted by atomic mass is 14.7. The van der Waals surface area contributed by atoms with Gasteiger partial charge in [0, 0.05) is 0 Å². The lowest BCUT2D eigenvalue weighted by molar-refractivity contribution is 0.456. The number of benzene rings is 1. The number of allylic oxidation sites excluding steroid dienone is 1. The summed E-state index contributed by atoms with van der Waals surface area (Å²) in [4.78, 5) is 0. The highest BCUT2D eigenvalue weighted by molar-refractivity contribution is 5.50. The molecule has 0 aliphatic heterocycles. The zero-order valence-electron chi connectivity index (χ0n) is 9.55. The first-order valence-corrected chi connectivity index (χ1v) is 6.67. The Kier molecular flexibility index (Phi) is 1.82. The molecule has 3 fully saturated rings. The van der Waals surface area contributed by atoms with E-state index in [0.29, 0.717) is 0 Å². The van der Waals surface area contributed by atoms with Crippen LogP contribution in [0.3, 0.4) is 0 Å². The molecule has 0 spiro atoms. The van der Waals surface area contributed by atoms with E-state index in [1.165, 1.54) is 18.4 Å². The Hall–Kier alpha value is -1.04. The van der Waals surface area contributed by atoms with Gasteiger partial charge in [0.25, 0.3) is 0 Å². The fourth-order valence-corrected chi connectivity index (χ4v) is 4.44. The van der Waals surface area contributed by atoms with E-state index in [1.54, 1.807) is 6.42 Å². The maximum absolute atomic E-state index is 2.50. The molecule has 1 aromatic rings. The third-order valence-corrected chi connectivity index (χ3v) is 5.11. The summed E-state index contributed by atoms with van der Waals surface area (Å²) in [6, 6.07) is 10.7. The van der Waals surface area contributed by atoms with Crippen molar-refractivity contribution in [1.82, 2.24) is 0 Å². The molecule has 0 heteroatoms. The molecule has 82 valence electrons. The van der Waals surface area contributed by atoms with Crippen molar-refractivity contribution in [3.8, 4) is 0 Å². The number of hydrogen-bond acceptors (Lipinski definition) is 0. The van der Waals surface area contributed by atoms with Crippen LogP contribution in [0.2, 0.25) is 0 Å². The van der Waals surface area contributed by atoms with Gasteiger partial charge in [-0.3, -0.25) is 0 Å². The summed E-state index contributed by atoms with van der Waals surface area (Å²) in [5, 5.41) is 0. The van der Waals surface area contributed by atoms with Gasteiger partial charge in [-0.15, -0.1) is 0 Å². The number of rotatable bonds is 2. The summed E-state index contributed by atoms with van der Waals surface area (Å²) in [6.45, 7) is 0. The molecule has 4 unspecified atom stereocenters. The molecule has 0 nitrogen and oxygen atoms in total. The fraction of sp³-hybridized carbons (Fsp3) is 0.500. The summed E-state index contributed by atoms with van der Waals surface area (Å²) >= 11 is 0. The molecule has 0 amide bonds. The largest absolute Gasteiger partial charge is 0.0802 e. The van der Waals surface area contributed by atoms with Gasteiger partial charge in [0.05, 0.1) is 0 Å². The van der Waals surface area contributed by atoms with E-state index in [0.717, 1.165) is 29.6 Å². The monoisotopic (exact) mass is 210 g/mol. The molecule has 16 heavy (non-hydrogen) atoms. The third kappa shape index (κ3) is 1.22. The van der Waals surface area contributed by atoms with E-state index in [-0.39, 0.29) is 0 Å². The van der Waals surface area contributed by atoms with Crippen LogP contribution in [0, 0.1) is 29.6 Å². The highest BCUT2D eigenvalue weighted by Gasteiger charge is 2.63. The Bertz CT molecular complexity index is 401. The molecule has 4 atom stereocenters. The summed E-state index contributed by atoms with van der Waals surface area (Å²) in [5.41, 5.74) is 1.36. The van der Waals surface area contributed by atoms with E-state index in [4.69, 9.17) is 0 Å². The van der Waals surface area contributed by atoms with E-state index in [1.807, 2.05) is 0 Å². The Balaban J connectivity index is 1.49. The first kappa shape index (κ1) is 9.04. The summed E-state index contributed by atoms with van der Waals surface area (Å²) in [5.74, 6) is 5.30. The Morgan fingerprint density at radius 1 is 0.938 bits per heavy atom. The van der Waals surface area contributed by atoms with Gasteiger partial charge in [0.1, 0.15) is 0 Å². The molecule has 0 heterocycles. The van der Waals surface area contributed by atoms with Gasteiger partial charge in [-0.25, -0.2) is 0 Å². The molecule has 0 N–H and O–H groups in total. The molecule has 4 rings (SSSR count). The van der Waals surface area contributed by atoms with Gasteiger partial charge < -0.3 is 0 Å². The van der Waals surface area contributed by atoms with Gasteiger partial charge in [-0.05, 0) is 54.4 Å².